The summed E-state index contributed by atoms with van der Waals surface area (Å²) in [5.74, 6) is 0.0616. The molecule has 0 bridgehead atoms. The zero-order valence-electron chi connectivity index (χ0n) is 15.3. The number of fused-ring (bicyclic) bond motifs is 1. The SMILES string of the molecule is Cc1cc(NC(c2cc(Cl)ccc2Cl)c2ccc3cccnc3c2O)ncc1F. The Hall–Kier alpha value is -2.89. The number of aromatic nitrogens is 2. The highest BCUT2D eigenvalue weighted by Gasteiger charge is 2.23. The van der Waals surface area contributed by atoms with E-state index in [1.165, 1.54) is 0 Å². The van der Waals surface area contributed by atoms with Gasteiger partial charge in [-0.3, -0.25) is 4.98 Å². The van der Waals surface area contributed by atoms with Crippen molar-refractivity contribution >= 4 is 39.9 Å². The molecular weight excluding hydrogens is 412 g/mol. The molecule has 1 unspecified atom stereocenters. The third-order valence-corrected chi connectivity index (χ3v) is 5.28. The van der Waals surface area contributed by atoms with Gasteiger partial charge < -0.3 is 10.4 Å². The van der Waals surface area contributed by atoms with Crippen LogP contribution in [0.15, 0.2) is 60.9 Å². The summed E-state index contributed by atoms with van der Waals surface area (Å²) in [6.07, 6.45) is 2.77. The van der Waals surface area contributed by atoms with Crippen LogP contribution < -0.4 is 5.32 Å². The van der Waals surface area contributed by atoms with Gasteiger partial charge in [0.1, 0.15) is 22.9 Å². The molecule has 29 heavy (non-hydrogen) atoms. The summed E-state index contributed by atoms with van der Waals surface area (Å²) in [6, 6.07) is 13.4. The molecule has 0 aliphatic carbocycles. The van der Waals surface area contributed by atoms with E-state index in [9.17, 15) is 9.50 Å². The van der Waals surface area contributed by atoms with Gasteiger partial charge in [-0.1, -0.05) is 41.4 Å². The number of rotatable bonds is 4. The lowest BCUT2D eigenvalue weighted by Gasteiger charge is -2.23. The van der Waals surface area contributed by atoms with Gasteiger partial charge in [0, 0.05) is 27.2 Å². The third-order valence-electron chi connectivity index (χ3n) is 4.70. The first-order valence-corrected chi connectivity index (χ1v) is 9.60. The lowest BCUT2D eigenvalue weighted by molar-refractivity contribution is 0.471. The summed E-state index contributed by atoms with van der Waals surface area (Å²) < 4.78 is 13.7. The van der Waals surface area contributed by atoms with Crippen LogP contribution in [0, 0.1) is 12.7 Å². The van der Waals surface area contributed by atoms with Gasteiger partial charge in [-0.15, -0.1) is 0 Å². The Morgan fingerprint density at radius 2 is 1.86 bits per heavy atom. The second-order valence-corrected chi connectivity index (χ2v) is 7.48. The van der Waals surface area contributed by atoms with E-state index in [1.54, 1.807) is 49.5 Å². The van der Waals surface area contributed by atoms with E-state index in [0.29, 0.717) is 38.1 Å². The number of aryl methyl sites for hydroxylation is 1. The topological polar surface area (TPSA) is 58.0 Å². The summed E-state index contributed by atoms with van der Waals surface area (Å²) in [4.78, 5) is 8.40. The maximum atomic E-state index is 13.7. The number of pyridine rings is 2. The van der Waals surface area contributed by atoms with Crippen molar-refractivity contribution in [3.05, 3.63) is 93.5 Å². The molecule has 7 heteroatoms. The standard InChI is InChI=1S/C22H16Cl2FN3O/c1-12-9-19(27-11-18(12)25)28-21(16-10-14(23)5-7-17(16)24)15-6-4-13-3-2-8-26-20(13)22(15)29/h2-11,21,29H,1H3,(H,27,28). The van der Waals surface area contributed by atoms with Crippen LogP contribution in [0.1, 0.15) is 22.7 Å². The molecular formula is C22H16Cl2FN3O. The predicted molar refractivity (Wildman–Crippen MR) is 114 cm³/mol. The summed E-state index contributed by atoms with van der Waals surface area (Å²) >= 11 is 12.7. The number of aromatic hydroxyl groups is 1. The predicted octanol–water partition coefficient (Wildman–Crippen LogP) is 6.29. The lowest BCUT2D eigenvalue weighted by Crippen LogP contribution is -2.14. The second kappa shape index (κ2) is 7.85. The minimum absolute atomic E-state index is 0.0236. The molecule has 2 N–H and O–H groups in total. The van der Waals surface area contributed by atoms with Crippen molar-refractivity contribution in [3.8, 4) is 5.75 Å². The van der Waals surface area contributed by atoms with E-state index in [4.69, 9.17) is 23.2 Å². The minimum atomic E-state index is -0.593. The van der Waals surface area contributed by atoms with Gasteiger partial charge in [0.2, 0.25) is 0 Å². The molecule has 0 saturated carbocycles. The van der Waals surface area contributed by atoms with E-state index in [1.807, 2.05) is 12.1 Å². The maximum absolute atomic E-state index is 13.7. The van der Waals surface area contributed by atoms with Gasteiger partial charge in [-0.2, -0.15) is 0 Å². The highest BCUT2D eigenvalue weighted by molar-refractivity contribution is 6.33. The largest absolute Gasteiger partial charge is 0.505 e. The molecule has 0 saturated heterocycles. The van der Waals surface area contributed by atoms with Crippen molar-refractivity contribution < 1.29 is 9.50 Å². The molecule has 0 aliphatic heterocycles. The highest BCUT2D eigenvalue weighted by atomic mass is 35.5. The fourth-order valence-corrected chi connectivity index (χ4v) is 3.61. The number of hydrogen-bond donors (Lipinski definition) is 2. The molecule has 0 radical (unpaired) electrons. The van der Waals surface area contributed by atoms with E-state index in [0.717, 1.165) is 11.6 Å². The third kappa shape index (κ3) is 3.84. The van der Waals surface area contributed by atoms with Gasteiger partial charge in [-0.05, 0) is 48.4 Å². The van der Waals surface area contributed by atoms with Gasteiger partial charge in [0.05, 0.1) is 12.2 Å². The first kappa shape index (κ1) is 19.4. The van der Waals surface area contributed by atoms with E-state index in [-0.39, 0.29) is 5.75 Å². The van der Waals surface area contributed by atoms with Crippen LogP contribution in [-0.4, -0.2) is 15.1 Å². The van der Waals surface area contributed by atoms with E-state index >= 15 is 0 Å². The first-order valence-electron chi connectivity index (χ1n) is 8.84. The summed E-state index contributed by atoms with van der Waals surface area (Å²) in [6.45, 7) is 1.65. The zero-order chi connectivity index (χ0) is 20.5. The Labute approximate surface area is 177 Å². The average molecular weight is 428 g/mol. The first-order chi connectivity index (χ1) is 13.9. The highest BCUT2D eigenvalue weighted by Crippen LogP contribution is 2.39. The number of phenolic OH excluding ortho intramolecular Hbond substituents is 1. The van der Waals surface area contributed by atoms with Gasteiger partial charge in [0.25, 0.3) is 0 Å². The van der Waals surface area contributed by atoms with Crippen LogP contribution in [0.25, 0.3) is 10.9 Å². The molecule has 0 amide bonds. The quantitative estimate of drug-likeness (QED) is 0.401. The number of halogens is 3. The Balaban J connectivity index is 1.89. The van der Waals surface area contributed by atoms with E-state index in [2.05, 4.69) is 15.3 Å². The lowest BCUT2D eigenvalue weighted by atomic mass is 9.96. The smallest absolute Gasteiger partial charge is 0.147 e. The number of nitrogens with one attached hydrogen (secondary N) is 1. The number of nitrogens with zero attached hydrogens (tertiary/aromatic N) is 2. The number of phenols is 1. The Kier molecular flexibility index (Phi) is 5.26. The van der Waals surface area contributed by atoms with Crippen LogP contribution in [-0.2, 0) is 0 Å². The summed E-state index contributed by atoms with van der Waals surface area (Å²) in [7, 11) is 0. The molecule has 4 rings (SSSR count). The summed E-state index contributed by atoms with van der Waals surface area (Å²) in [5.41, 5.74) is 2.11. The van der Waals surface area contributed by atoms with Crippen LogP contribution in [0.3, 0.4) is 0 Å². The monoisotopic (exact) mass is 427 g/mol. The molecule has 0 aliphatic rings. The van der Waals surface area contributed by atoms with Crippen LogP contribution >= 0.6 is 23.2 Å². The molecule has 2 aromatic heterocycles. The van der Waals surface area contributed by atoms with Crippen molar-refractivity contribution in [1.82, 2.24) is 9.97 Å². The molecule has 1 atom stereocenters. The Morgan fingerprint density at radius 3 is 2.66 bits per heavy atom. The van der Waals surface area contributed by atoms with Gasteiger partial charge in [-0.25, -0.2) is 9.37 Å². The number of hydrogen-bond acceptors (Lipinski definition) is 4. The molecule has 4 aromatic rings. The van der Waals surface area contributed by atoms with Crippen molar-refractivity contribution in [3.63, 3.8) is 0 Å². The normalized spacial score (nSPS) is 12.1. The molecule has 0 fully saturated rings. The van der Waals surface area contributed by atoms with Crippen LogP contribution in [0.2, 0.25) is 10.0 Å². The fourth-order valence-electron chi connectivity index (χ4n) is 3.20. The second-order valence-electron chi connectivity index (χ2n) is 6.64. The molecule has 146 valence electrons. The van der Waals surface area contributed by atoms with Crippen molar-refractivity contribution in [1.29, 1.82) is 0 Å². The van der Waals surface area contributed by atoms with Crippen molar-refractivity contribution in [2.45, 2.75) is 13.0 Å². The molecule has 0 spiro atoms. The number of anilines is 1. The van der Waals surface area contributed by atoms with Gasteiger partial charge in [0.15, 0.2) is 0 Å². The molecule has 4 nitrogen and oxygen atoms in total. The Bertz CT molecular complexity index is 1220. The van der Waals surface area contributed by atoms with Crippen LogP contribution in [0.5, 0.6) is 5.75 Å². The Morgan fingerprint density at radius 1 is 1.03 bits per heavy atom. The maximum Gasteiger partial charge on any atom is 0.147 e. The number of benzene rings is 2. The fraction of sp³-hybridized carbons (Fsp3) is 0.0909. The zero-order valence-corrected chi connectivity index (χ0v) is 16.8. The summed E-state index contributed by atoms with van der Waals surface area (Å²) in [5, 5.41) is 16.0. The minimum Gasteiger partial charge on any atom is -0.505 e. The van der Waals surface area contributed by atoms with E-state index < -0.39 is 11.9 Å². The van der Waals surface area contributed by atoms with Crippen molar-refractivity contribution in [2.24, 2.45) is 0 Å². The molecule has 2 heterocycles. The van der Waals surface area contributed by atoms with Crippen LogP contribution in [0.4, 0.5) is 10.2 Å². The average Bonchev–Trinajstić information content (AvgIpc) is 2.72. The van der Waals surface area contributed by atoms with Gasteiger partial charge >= 0.3 is 0 Å². The molecule has 2 aromatic carbocycles. The van der Waals surface area contributed by atoms with Crippen molar-refractivity contribution in [2.75, 3.05) is 5.32 Å².